The smallest absolute Gasteiger partial charge is 0.335 e. The van der Waals surface area contributed by atoms with Crippen LogP contribution in [-0.2, 0) is 18.5 Å². The second-order valence-corrected chi connectivity index (χ2v) is 9.76. The Labute approximate surface area is 208 Å². The van der Waals surface area contributed by atoms with E-state index in [2.05, 4.69) is 46.6 Å². The van der Waals surface area contributed by atoms with Gasteiger partial charge in [0, 0.05) is 52.0 Å². The number of nitrogens with zero attached hydrogens (tertiary/aromatic N) is 4. The standard InChI is InChI=1S/C28H23ClN4O2/c1-28(2,9-10-30)25-24(17-5-7-18(8-6-17)27(34)35)22-12-20-14-31-15-21(20)13-23(22)33(25)16-19-4-3-11-32-26(19)29/h3-8,11-13,15H,9,14,16H2,1-2H3,(H,34,35). The second-order valence-electron chi connectivity index (χ2n) is 9.40. The SMILES string of the molecule is CC(C)(CC#N)c1c(-c2ccc(C(=O)O)cc2)c2cc3c(cc2n1Cc1cccnc1Cl)C=NC3. The van der Waals surface area contributed by atoms with Crippen LogP contribution in [0.2, 0.25) is 5.15 Å². The fourth-order valence-electron chi connectivity index (χ4n) is 4.88. The second kappa shape index (κ2) is 8.68. The topological polar surface area (TPSA) is 91.3 Å². The molecule has 4 aromatic rings. The first-order valence-corrected chi connectivity index (χ1v) is 11.7. The molecule has 0 unspecified atom stereocenters. The van der Waals surface area contributed by atoms with Crippen LogP contribution in [0.4, 0.5) is 0 Å². The largest absolute Gasteiger partial charge is 0.478 e. The summed E-state index contributed by atoms with van der Waals surface area (Å²) in [4.78, 5) is 20.2. The molecule has 0 saturated heterocycles. The molecule has 1 aliphatic rings. The number of pyridine rings is 1. The Bertz CT molecular complexity index is 1540. The molecule has 1 N–H and O–H groups in total. The quantitative estimate of drug-likeness (QED) is 0.330. The highest BCUT2D eigenvalue weighted by Crippen LogP contribution is 2.44. The zero-order valence-electron chi connectivity index (χ0n) is 19.4. The maximum absolute atomic E-state index is 11.5. The number of nitriles is 1. The minimum Gasteiger partial charge on any atom is -0.478 e. The fraction of sp³-hybridized carbons (Fsp3) is 0.214. The first kappa shape index (κ1) is 22.8. The molecule has 7 heteroatoms. The zero-order chi connectivity index (χ0) is 24.7. The van der Waals surface area contributed by atoms with E-state index < -0.39 is 11.4 Å². The van der Waals surface area contributed by atoms with Crippen molar-refractivity contribution in [3.8, 4) is 17.2 Å². The number of rotatable bonds is 6. The predicted octanol–water partition coefficient (Wildman–Crippen LogP) is 6.23. The van der Waals surface area contributed by atoms with E-state index in [1.165, 1.54) is 0 Å². The lowest BCUT2D eigenvalue weighted by atomic mass is 9.81. The van der Waals surface area contributed by atoms with Crippen LogP contribution < -0.4 is 0 Å². The summed E-state index contributed by atoms with van der Waals surface area (Å²) < 4.78 is 2.22. The van der Waals surface area contributed by atoms with Gasteiger partial charge in [-0.1, -0.05) is 43.6 Å². The van der Waals surface area contributed by atoms with Crippen molar-refractivity contribution in [1.29, 1.82) is 5.26 Å². The highest BCUT2D eigenvalue weighted by atomic mass is 35.5. The maximum atomic E-state index is 11.5. The lowest BCUT2D eigenvalue weighted by Gasteiger charge is -2.27. The molecule has 0 saturated carbocycles. The summed E-state index contributed by atoms with van der Waals surface area (Å²) in [5.74, 6) is -0.967. The number of aromatic carboxylic acids is 1. The van der Waals surface area contributed by atoms with Crippen molar-refractivity contribution in [2.45, 2.75) is 38.8 Å². The number of aliphatic imine (C=N–C) groups is 1. The third kappa shape index (κ3) is 3.98. The van der Waals surface area contributed by atoms with Gasteiger partial charge >= 0.3 is 5.97 Å². The molecule has 2 aromatic heterocycles. The van der Waals surface area contributed by atoms with Gasteiger partial charge in [-0.2, -0.15) is 5.26 Å². The first-order valence-electron chi connectivity index (χ1n) is 11.3. The Kier molecular flexibility index (Phi) is 5.66. The van der Waals surface area contributed by atoms with Crippen LogP contribution in [0.15, 0.2) is 59.7 Å². The number of fused-ring (bicyclic) bond motifs is 2. The van der Waals surface area contributed by atoms with Gasteiger partial charge < -0.3 is 9.67 Å². The van der Waals surface area contributed by atoms with Crippen LogP contribution in [0.5, 0.6) is 0 Å². The van der Waals surface area contributed by atoms with Gasteiger partial charge in [0.25, 0.3) is 0 Å². The molecule has 1 aliphatic heterocycles. The third-order valence-corrected chi connectivity index (χ3v) is 6.90. The lowest BCUT2D eigenvalue weighted by Crippen LogP contribution is -2.23. The van der Waals surface area contributed by atoms with Crippen LogP contribution in [0.25, 0.3) is 22.0 Å². The Balaban J connectivity index is 1.86. The number of hydrogen-bond donors (Lipinski definition) is 1. The molecular formula is C28H23ClN4O2. The zero-order valence-corrected chi connectivity index (χ0v) is 20.2. The van der Waals surface area contributed by atoms with Gasteiger partial charge in [0.15, 0.2) is 0 Å². The first-order chi connectivity index (χ1) is 16.8. The maximum Gasteiger partial charge on any atom is 0.335 e. The predicted molar refractivity (Wildman–Crippen MR) is 137 cm³/mol. The summed E-state index contributed by atoms with van der Waals surface area (Å²) in [7, 11) is 0. The minimum atomic E-state index is -0.967. The van der Waals surface area contributed by atoms with Gasteiger partial charge in [0.1, 0.15) is 5.15 Å². The Morgan fingerprint density at radius 1 is 1.23 bits per heavy atom. The van der Waals surface area contributed by atoms with E-state index in [0.717, 1.165) is 44.4 Å². The molecule has 0 bridgehead atoms. The van der Waals surface area contributed by atoms with E-state index in [1.807, 2.05) is 30.5 Å². The number of carbonyl (C=O) groups is 1. The Hall–Kier alpha value is -3.95. The molecule has 174 valence electrons. The van der Waals surface area contributed by atoms with Crippen LogP contribution in [0, 0.1) is 11.3 Å². The summed E-state index contributed by atoms with van der Waals surface area (Å²) in [6.07, 6.45) is 3.87. The monoisotopic (exact) mass is 482 g/mol. The Morgan fingerprint density at radius 3 is 2.69 bits per heavy atom. The molecule has 0 spiro atoms. The van der Waals surface area contributed by atoms with Crippen molar-refractivity contribution in [2.24, 2.45) is 4.99 Å². The molecule has 3 heterocycles. The van der Waals surface area contributed by atoms with Gasteiger partial charge in [-0.25, -0.2) is 9.78 Å². The highest BCUT2D eigenvalue weighted by Gasteiger charge is 2.32. The van der Waals surface area contributed by atoms with E-state index in [1.54, 1.807) is 18.3 Å². The van der Waals surface area contributed by atoms with Gasteiger partial charge in [-0.3, -0.25) is 4.99 Å². The molecule has 0 fully saturated rings. The number of halogens is 1. The van der Waals surface area contributed by atoms with E-state index in [0.29, 0.717) is 24.7 Å². The van der Waals surface area contributed by atoms with E-state index in [-0.39, 0.29) is 5.56 Å². The summed E-state index contributed by atoms with van der Waals surface area (Å²) in [5.41, 5.74) is 6.72. The average Bonchev–Trinajstić information content (AvgIpc) is 3.41. The number of aromatic nitrogens is 2. The summed E-state index contributed by atoms with van der Waals surface area (Å²) in [5, 5.41) is 20.6. The summed E-state index contributed by atoms with van der Waals surface area (Å²) >= 11 is 6.46. The fourth-order valence-corrected chi connectivity index (χ4v) is 5.06. The van der Waals surface area contributed by atoms with Crippen LogP contribution in [0.1, 0.15) is 53.0 Å². The van der Waals surface area contributed by atoms with Crippen LogP contribution in [-0.4, -0.2) is 26.8 Å². The van der Waals surface area contributed by atoms with Crippen molar-refractivity contribution in [2.75, 3.05) is 0 Å². The molecule has 0 radical (unpaired) electrons. The molecule has 6 nitrogen and oxygen atoms in total. The summed E-state index contributed by atoms with van der Waals surface area (Å²) in [6, 6.07) is 17.4. The average molecular weight is 483 g/mol. The molecule has 35 heavy (non-hydrogen) atoms. The number of carboxylic acid groups (broad SMARTS) is 1. The normalized spacial score (nSPS) is 12.6. The number of benzene rings is 2. The lowest BCUT2D eigenvalue weighted by molar-refractivity contribution is 0.0697. The van der Waals surface area contributed by atoms with E-state index >= 15 is 0 Å². The van der Waals surface area contributed by atoms with Crippen molar-refractivity contribution in [3.05, 3.63) is 87.8 Å². The third-order valence-electron chi connectivity index (χ3n) is 6.56. The van der Waals surface area contributed by atoms with Gasteiger partial charge in [-0.05, 0) is 47.0 Å². The Morgan fingerprint density at radius 2 is 2.00 bits per heavy atom. The van der Waals surface area contributed by atoms with Crippen molar-refractivity contribution >= 4 is 34.7 Å². The number of hydrogen-bond acceptors (Lipinski definition) is 4. The van der Waals surface area contributed by atoms with Crippen molar-refractivity contribution in [1.82, 2.24) is 9.55 Å². The highest BCUT2D eigenvalue weighted by molar-refractivity contribution is 6.30. The molecule has 0 atom stereocenters. The molecule has 0 amide bonds. The van der Waals surface area contributed by atoms with E-state index in [4.69, 9.17) is 11.6 Å². The van der Waals surface area contributed by atoms with Crippen molar-refractivity contribution < 1.29 is 9.90 Å². The molecule has 5 rings (SSSR count). The molecule has 2 aromatic carbocycles. The van der Waals surface area contributed by atoms with Gasteiger partial charge in [-0.15, -0.1) is 0 Å². The van der Waals surface area contributed by atoms with E-state index in [9.17, 15) is 15.2 Å². The van der Waals surface area contributed by atoms with Crippen LogP contribution >= 0.6 is 11.6 Å². The minimum absolute atomic E-state index is 0.228. The molecule has 0 aliphatic carbocycles. The number of carboxylic acids is 1. The van der Waals surface area contributed by atoms with Gasteiger partial charge in [0.2, 0.25) is 0 Å². The van der Waals surface area contributed by atoms with Crippen molar-refractivity contribution in [3.63, 3.8) is 0 Å². The summed E-state index contributed by atoms with van der Waals surface area (Å²) in [6.45, 7) is 5.24. The molecular weight excluding hydrogens is 460 g/mol. The van der Waals surface area contributed by atoms with Crippen LogP contribution in [0.3, 0.4) is 0 Å². The van der Waals surface area contributed by atoms with Gasteiger partial charge in [0.05, 0.1) is 24.7 Å².